The summed E-state index contributed by atoms with van der Waals surface area (Å²) in [7, 11) is 0. The van der Waals surface area contributed by atoms with Crippen LogP contribution in [0.2, 0.25) is 0 Å². The number of carbonyl (C=O) groups is 3. The molecule has 0 spiro atoms. The fourth-order valence-electron chi connectivity index (χ4n) is 3.78. The molecule has 1 aromatic rings. The number of aromatic nitrogens is 2. The molecule has 9 nitrogen and oxygen atoms in total. The van der Waals surface area contributed by atoms with Gasteiger partial charge in [0.05, 0.1) is 5.69 Å². The molecule has 0 aliphatic carbocycles. The van der Waals surface area contributed by atoms with E-state index >= 15 is 0 Å². The smallest absolute Gasteiger partial charge is 0.315 e. The van der Waals surface area contributed by atoms with Gasteiger partial charge in [-0.2, -0.15) is 5.10 Å². The number of hydrogen-bond acceptors (Lipinski definition) is 5. The summed E-state index contributed by atoms with van der Waals surface area (Å²) in [6, 6.07) is 1.75. The fourth-order valence-corrected chi connectivity index (χ4v) is 3.78. The zero-order valence-corrected chi connectivity index (χ0v) is 17.0. The lowest BCUT2D eigenvalue weighted by atomic mass is 9.99. The van der Waals surface area contributed by atoms with Crippen molar-refractivity contribution in [2.75, 3.05) is 11.9 Å². The topological polar surface area (TPSA) is 108 Å². The number of carbonyl (C=O) groups excluding carboxylic acids is 3. The van der Waals surface area contributed by atoms with Crippen LogP contribution in [0.1, 0.15) is 58.4 Å². The van der Waals surface area contributed by atoms with Crippen LogP contribution in [0.4, 0.5) is 5.82 Å². The first-order chi connectivity index (χ1) is 13.3. The standard InChI is InChI=1S/C19H30N6O3/c1-11(2)14-10-16(26)22-19(20-14)25-15(9-12(3)23-25)21-17(27)18(28)24-8-6-5-7-13(24)4/h9,11,13-14,19-20H,5-8,10H2,1-4H3,(H,21,27)(H,22,26). The Hall–Kier alpha value is -2.42. The first-order valence-electron chi connectivity index (χ1n) is 9.99. The van der Waals surface area contributed by atoms with Gasteiger partial charge in [0.1, 0.15) is 5.82 Å². The second kappa shape index (κ2) is 8.30. The van der Waals surface area contributed by atoms with Crippen molar-refractivity contribution in [1.82, 2.24) is 25.3 Å². The predicted molar refractivity (Wildman–Crippen MR) is 104 cm³/mol. The molecular formula is C19H30N6O3. The molecule has 0 aromatic carbocycles. The maximum atomic E-state index is 12.6. The van der Waals surface area contributed by atoms with Crippen molar-refractivity contribution in [1.29, 1.82) is 0 Å². The van der Waals surface area contributed by atoms with E-state index in [1.807, 2.05) is 20.8 Å². The molecule has 2 aliphatic heterocycles. The minimum Gasteiger partial charge on any atom is -0.332 e. The Morgan fingerprint density at radius 2 is 2.07 bits per heavy atom. The van der Waals surface area contributed by atoms with E-state index in [4.69, 9.17) is 0 Å². The molecule has 2 saturated heterocycles. The van der Waals surface area contributed by atoms with Crippen molar-refractivity contribution < 1.29 is 14.4 Å². The van der Waals surface area contributed by atoms with Crippen molar-refractivity contribution in [3.63, 3.8) is 0 Å². The zero-order valence-electron chi connectivity index (χ0n) is 17.0. The van der Waals surface area contributed by atoms with Gasteiger partial charge in [0, 0.05) is 31.1 Å². The molecule has 0 saturated carbocycles. The highest BCUT2D eigenvalue weighted by Gasteiger charge is 2.32. The van der Waals surface area contributed by atoms with Gasteiger partial charge in [-0.3, -0.25) is 19.7 Å². The maximum Gasteiger partial charge on any atom is 0.315 e. The third kappa shape index (κ3) is 4.35. The average molecular weight is 390 g/mol. The van der Waals surface area contributed by atoms with Gasteiger partial charge in [0.2, 0.25) is 5.91 Å². The van der Waals surface area contributed by atoms with E-state index in [-0.39, 0.29) is 23.9 Å². The molecule has 28 heavy (non-hydrogen) atoms. The minimum absolute atomic E-state index is 0.00244. The van der Waals surface area contributed by atoms with Crippen molar-refractivity contribution >= 4 is 23.5 Å². The van der Waals surface area contributed by atoms with Crippen molar-refractivity contribution in [2.24, 2.45) is 5.92 Å². The maximum absolute atomic E-state index is 12.6. The second-order valence-corrected chi connectivity index (χ2v) is 8.10. The number of nitrogens with zero attached hydrogens (tertiary/aromatic N) is 3. The number of likely N-dealkylation sites (tertiary alicyclic amines) is 1. The lowest BCUT2D eigenvalue weighted by Crippen LogP contribution is -2.55. The highest BCUT2D eigenvalue weighted by molar-refractivity contribution is 6.39. The molecule has 2 aliphatic rings. The molecule has 3 rings (SSSR count). The van der Waals surface area contributed by atoms with E-state index in [1.54, 1.807) is 17.9 Å². The van der Waals surface area contributed by atoms with Crippen molar-refractivity contribution in [3.05, 3.63) is 11.8 Å². The van der Waals surface area contributed by atoms with E-state index in [0.717, 1.165) is 19.3 Å². The Morgan fingerprint density at radius 1 is 1.32 bits per heavy atom. The molecule has 3 unspecified atom stereocenters. The molecule has 1 aromatic heterocycles. The van der Waals surface area contributed by atoms with Gasteiger partial charge in [-0.25, -0.2) is 4.68 Å². The van der Waals surface area contributed by atoms with Crippen LogP contribution in [-0.2, 0) is 14.4 Å². The molecule has 154 valence electrons. The Labute approximate surface area is 165 Å². The first kappa shape index (κ1) is 20.3. The molecule has 3 amide bonds. The van der Waals surface area contributed by atoms with E-state index < -0.39 is 18.1 Å². The second-order valence-electron chi connectivity index (χ2n) is 8.10. The predicted octanol–water partition coefficient (Wildman–Crippen LogP) is 1.12. The van der Waals surface area contributed by atoms with E-state index in [9.17, 15) is 14.4 Å². The van der Waals surface area contributed by atoms with Gasteiger partial charge in [0.25, 0.3) is 0 Å². The summed E-state index contributed by atoms with van der Waals surface area (Å²) >= 11 is 0. The molecular weight excluding hydrogens is 360 g/mol. The minimum atomic E-state index is -0.683. The SMILES string of the molecule is Cc1cc(NC(=O)C(=O)N2CCCCC2C)n(C2NC(=O)CC(C(C)C)N2)n1. The summed E-state index contributed by atoms with van der Waals surface area (Å²) in [5, 5.41) is 13.3. The van der Waals surface area contributed by atoms with Crippen LogP contribution in [0.5, 0.6) is 0 Å². The number of anilines is 1. The van der Waals surface area contributed by atoms with E-state index in [1.165, 1.54) is 4.68 Å². The Balaban J connectivity index is 1.75. The molecule has 3 N–H and O–H groups in total. The monoisotopic (exact) mass is 390 g/mol. The van der Waals surface area contributed by atoms with Crippen LogP contribution >= 0.6 is 0 Å². The number of rotatable bonds is 3. The Morgan fingerprint density at radius 3 is 2.75 bits per heavy atom. The zero-order chi connectivity index (χ0) is 20.4. The largest absolute Gasteiger partial charge is 0.332 e. The van der Waals surface area contributed by atoms with Gasteiger partial charge in [-0.1, -0.05) is 13.8 Å². The molecule has 0 radical (unpaired) electrons. The number of amides is 3. The lowest BCUT2D eigenvalue weighted by molar-refractivity contribution is -0.145. The fraction of sp³-hybridized carbons (Fsp3) is 0.684. The van der Waals surface area contributed by atoms with Gasteiger partial charge in [-0.15, -0.1) is 0 Å². The highest BCUT2D eigenvalue weighted by atomic mass is 16.2. The lowest BCUT2D eigenvalue weighted by Gasteiger charge is -2.34. The van der Waals surface area contributed by atoms with E-state index in [2.05, 4.69) is 21.0 Å². The molecule has 2 fully saturated rings. The van der Waals surface area contributed by atoms with Crippen LogP contribution in [0.15, 0.2) is 6.07 Å². The van der Waals surface area contributed by atoms with Gasteiger partial charge >= 0.3 is 11.8 Å². The van der Waals surface area contributed by atoms with Crippen molar-refractivity contribution in [2.45, 2.75) is 71.8 Å². The molecule has 3 heterocycles. The molecule has 0 bridgehead atoms. The summed E-state index contributed by atoms with van der Waals surface area (Å²) in [5.74, 6) is -0.644. The normalized spacial score (nSPS) is 25.5. The Kier molecular flexibility index (Phi) is 6.02. The summed E-state index contributed by atoms with van der Waals surface area (Å²) in [6.07, 6.45) is 2.70. The quantitative estimate of drug-likeness (QED) is 0.671. The van der Waals surface area contributed by atoms with E-state index in [0.29, 0.717) is 24.5 Å². The Bertz CT molecular complexity index is 759. The van der Waals surface area contributed by atoms with Crippen LogP contribution in [0.25, 0.3) is 0 Å². The number of nitrogens with one attached hydrogen (secondary N) is 3. The third-order valence-corrected chi connectivity index (χ3v) is 5.48. The average Bonchev–Trinajstić information content (AvgIpc) is 3.01. The summed E-state index contributed by atoms with van der Waals surface area (Å²) in [4.78, 5) is 38.9. The van der Waals surface area contributed by atoms with Gasteiger partial charge < -0.3 is 15.5 Å². The van der Waals surface area contributed by atoms with Crippen molar-refractivity contribution in [3.8, 4) is 0 Å². The van der Waals surface area contributed by atoms with Crippen LogP contribution in [-0.4, -0.2) is 51.0 Å². The first-order valence-corrected chi connectivity index (χ1v) is 9.99. The van der Waals surface area contributed by atoms with Crippen LogP contribution < -0.4 is 16.0 Å². The summed E-state index contributed by atoms with van der Waals surface area (Å²) < 4.78 is 1.52. The summed E-state index contributed by atoms with van der Waals surface area (Å²) in [6.45, 7) is 8.45. The third-order valence-electron chi connectivity index (χ3n) is 5.48. The number of hydrogen-bond donors (Lipinski definition) is 3. The van der Waals surface area contributed by atoms with Crippen LogP contribution in [0.3, 0.4) is 0 Å². The number of piperidine rings is 1. The van der Waals surface area contributed by atoms with Gasteiger partial charge in [-0.05, 0) is 39.0 Å². The summed E-state index contributed by atoms with van der Waals surface area (Å²) in [5.41, 5.74) is 0.678. The van der Waals surface area contributed by atoms with Crippen LogP contribution in [0, 0.1) is 12.8 Å². The molecule has 3 atom stereocenters. The highest BCUT2D eigenvalue weighted by Crippen LogP contribution is 2.21. The molecule has 9 heteroatoms. The van der Waals surface area contributed by atoms with Gasteiger partial charge in [0.15, 0.2) is 6.29 Å². The number of aryl methyl sites for hydroxylation is 1.